The number of aliphatic imine (C=N–C) groups is 2. The minimum absolute atomic E-state index is 0.0175. The van der Waals surface area contributed by atoms with Crippen molar-refractivity contribution in [1.82, 2.24) is 63.8 Å². The monoisotopic (exact) mass is 1440 g/mol. The van der Waals surface area contributed by atoms with Crippen LogP contribution in [0.15, 0.2) is 94.9 Å². The first-order valence-electron chi connectivity index (χ1n) is 33.6. The fraction of sp³-hybridized carbons (Fsp3) is 0.500. The number of aliphatic hydroxyl groups excluding tert-OH is 1. The number of nitrogens with two attached hydrogens (primary N) is 8. The topological polar surface area (TPSA) is 640 Å². The molecule has 3 aromatic rings. The van der Waals surface area contributed by atoms with Crippen molar-refractivity contribution in [3.63, 3.8) is 0 Å². The van der Waals surface area contributed by atoms with Crippen molar-refractivity contribution in [2.24, 2.45) is 55.9 Å². The van der Waals surface area contributed by atoms with Gasteiger partial charge >= 0.3 is 0 Å². The smallest absolute Gasteiger partial charge is 0.245 e. The second kappa shape index (κ2) is 47.1. The SMILES string of the molecule is C[C@H](NC(=O)CNC(=O)[C@H](Cc1ccccc1)NC(=O)[C@H](Cc1ccccc1)NC(=O)CNC(=O)CNC(=O)[C@@H](N)Cc1ccc(O)cc1)C(=O)N[C@@H](CCCN=C(N)N)C(=O)N[C@@H](CCCCN)C(=O)N[C@@H](CO)C(=O)N[C@@H](C)C(=O)N[C@@H](CCCN=C(N)N)C(=O)N[C@@H](CCCCN)C(N)=O. The lowest BCUT2D eigenvalue weighted by molar-refractivity contribution is -0.136. The third kappa shape index (κ3) is 34.7. The Morgan fingerprint density at radius 3 is 1.22 bits per heavy atom. The van der Waals surface area contributed by atoms with Crippen LogP contribution in [0.25, 0.3) is 0 Å². The van der Waals surface area contributed by atoms with E-state index in [1.165, 1.54) is 26.0 Å². The number of hydrogen-bond acceptors (Lipinski definition) is 20. The Hall–Kier alpha value is -11.0. The maximum absolute atomic E-state index is 14.2. The van der Waals surface area contributed by atoms with E-state index in [2.05, 4.69) is 73.8 Å². The van der Waals surface area contributed by atoms with Gasteiger partial charge in [0, 0.05) is 25.9 Å². The molecule has 0 saturated heterocycles. The predicted octanol–water partition coefficient (Wildman–Crippen LogP) is -7.66. The van der Waals surface area contributed by atoms with Crippen LogP contribution >= 0.6 is 0 Å². The summed E-state index contributed by atoms with van der Waals surface area (Å²) in [7, 11) is 0. The molecule has 0 spiro atoms. The van der Waals surface area contributed by atoms with E-state index in [4.69, 9.17) is 45.9 Å². The molecular formula is C66H102N22O15. The first-order chi connectivity index (χ1) is 49.0. The quantitative estimate of drug-likeness (QED) is 0.0142. The lowest BCUT2D eigenvalue weighted by atomic mass is 10.0. The van der Waals surface area contributed by atoms with Crippen LogP contribution in [0.3, 0.4) is 0 Å². The van der Waals surface area contributed by atoms with E-state index in [1.54, 1.807) is 72.8 Å². The van der Waals surface area contributed by atoms with Gasteiger partial charge in [-0.3, -0.25) is 72.3 Å². The molecule has 0 aliphatic rings. The molecule has 0 fully saturated rings. The van der Waals surface area contributed by atoms with Crippen LogP contribution in [0.4, 0.5) is 0 Å². The van der Waals surface area contributed by atoms with Crippen molar-refractivity contribution < 1.29 is 72.5 Å². The molecule has 0 bridgehead atoms. The number of carbonyl (C=O) groups excluding carboxylic acids is 13. The van der Waals surface area contributed by atoms with Crippen LogP contribution in [0.2, 0.25) is 0 Å². The van der Waals surface area contributed by atoms with Crippen molar-refractivity contribution in [2.45, 2.75) is 158 Å². The summed E-state index contributed by atoms with van der Waals surface area (Å²) in [5.41, 5.74) is 46.6. The molecule has 37 heteroatoms. The molecule has 103 heavy (non-hydrogen) atoms. The second-order valence-electron chi connectivity index (χ2n) is 24.1. The van der Waals surface area contributed by atoms with Gasteiger partial charge in [-0.1, -0.05) is 72.8 Å². The van der Waals surface area contributed by atoms with E-state index in [0.29, 0.717) is 42.5 Å². The van der Waals surface area contributed by atoms with Gasteiger partial charge in [0.15, 0.2) is 11.9 Å². The molecule has 0 saturated carbocycles. The molecule has 13 amide bonds. The molecule has 3 aromatic carbocycles. The molecule has 10 atom stereocenters. The number of amides is 13. The zero-order chi connectivity index (χ0) is 76.4. The van der Waals surface area contributed by atoms with Gasteiger partial charge in [-0.2, -0.15) is 0 Å². The normalized spacial score (nSPS) is 13.7. The van der Waals surface area contributed by atoms with Gasteiger partial charge in [0.25, 0.3) is 0 Å². The average molecular weight is 1440 g/mol. The zero-order valence-electron chi connectivity index (χ0n) is 57.9. The summed E-state index contributed by atoms with van der Waals surface area (Å²) in [6, 6.07) is 9.56. The maximum Gasteiger partial charge on any atom is 0.245 e. The Bertz CT molecular complexity index is 3330. The van der Waals surface area contributed by atoms with Crippen LogP contribution < -0.4 is 110 Å². The third-order valence-electron chi connectivity index (χ3n) is 15.6. The summed E-state index contributed by atoms with van der Waals surface area (Å²) < 4.78 is 0. The number of guanidine groups is 2. The number of nitrogens with zero attached hydrogens (tertiary/aromatic N) is 2. The highest BCUT2D eigenvalue weighted by Gasteiger charge is 2.34. The van der Waals surface area contributed by atoms with Crippen LogP contribution in [0.1, 0.15) is 94.7 Å². The van der Waals surface area contributed by atoms with Gasteiger partial charge in [0.1, 0.15) is 60.1 Å². The first kappa shape index (κ1) is 86.2. The molecule has 37 nitrogen and oxygen atoms in total. The molecule has 0 radical (unpaired) electrons. The number of carbonyl (C=O) groups is 13. The van der Waals surface area contributed by atoms with Crippen molar-refractivity contribution in [1.29, 1.82) is 0 Å². The molecule has 0 aromatic heterocycles. The Kier molecular flexibility index (Phi) is 39.4. The Morgan fingerprint density at radius 2 is 0.748 bits per heavy atom. The minimum atomic E-state index is -1.73. The highest BCUT2D eigenvalue weighted by Crippen LogP contribution is 2.13. The van der Waals surface area contributed by atoms with Crippen molar-refractivity contribution in [3.8, 4) is 5.75 Å². The molecule has 0 aliphatic heterocycles. The largest absolute Gasteiger partial charge is 0.508 e. The summed E-state index contributed by atoms with van der Waals surface area (Å²) in [6.07, 6.45) is 1.71. The summed E-state index contributed by atoms with van der Waals surface area (Å²) in [5, 5.41) is 49.8. The van der Waals surface area contributed by atoms with E-state index >= 15 is 0 Å². The van der Waals surface area contributed by atoms with Gasteiger partial charge in [0.2, 0.25) is 76.8 Å². The van der Waals surface area contributed by atoms with Crippen LogP contribution in [-0.4, -0.2) is 212 Å². The number of hydrogen-bond donors (Lipinski definition) is 22. The van der Waals surface area contributed by atoms with Crippen molar-refractivity contribution >= 4 is 88.7 Å². The van der Waals surface area contributed by atoms with Crippen LogP contribution in [0, 0.1) is 0 Å². The molecule has 3 rings (SSSR count). The predicted molar refractivity (Wildman–Crippen MR) is 380 cm³/mol. The molecule has 566 valence electrons. The molecule has 0 aliphatic carbocycles. The Balaban J connectivity index is 1.73. The number of primary amides is 1. The van der Waals surface area contributed by atoms with Crippen LogP contribution in [0.5, 0.6) is 5.75 Å². The van der Waals surface area contributed by atoms with Gasteiger partial charge in [0.05, 0.1) is 32.3 Å². The summed E-state index contributed by atoms with van der Waals surface area (Å²) in [4.78, 5) is 183. The molecule has 0 heterocycles. The highest BCUT2D eigenvalue weighted by atomic mass is 16.3. The lowest BCUT2D eigenvalue weighted by Crippen LogP contribution is -2.60. The van der Waals surface area contributed by atoms with Crippen LogP contribution in [-0.2, 0) is 81.6 Å². The van der Waals surface area contributed by atoms with E-state index in [-0.39, 0.29) is 102 Å². The molecule has 0 unspecified atom stereocenters. The van der Waals surface area contributed by atoms with Crippen molar-refractivity contribution in [2.75, 3.05) is 52.4 Å². The van der Waals surface area contributed by atoms with Crippen molar-refractivity contribution in [3.05, 3.63) is 102 Å². The average Bonchev–Trinajstić information content (AvgIpc) is 0.878. The Morgan fingerprint density at radius 1 is 0.379 bits per heavy atom. The standard InChI is InChI=1S/C66H102N22O15/c1-38(80-53(92)36-79-59(98)49(32-40-15-5-3-6-16-40)87-63(102)50(33-41-17-7-4-8-18-41)82-54(93)35-77-52(91)34-78-58(97)44(69)31-42-23-25-43(90)26-24-42)56(95)84-48(22-14-30-76-66(73)74)61(100)86-46(20-10-12-28-68)62(101)88-51(37-89)64(103)81-39(2)57(96)85-47(21-13-29-75-65(71)72)60(99)83-45(55(70)94)19-9-11-27-67/h3-8,15-18,23-26,38-39,44-51,89-90H,9-14,19-22,27-37,67-69H2,1-2H3,(H2,70,94)(H,77,91)(H,78,97)(H,79,98)(H,80,92)(H,81,103)(H,82,93)(H,83,99)(H,84,95)(H,85,96)(H,86,100)(H,87,102)(H,88,101)(H4,71,72,75)(H4,73,74,76)/t38-,39-,44-,45-,46-,47-,48-,49-,50-,51-/m0/s1. The fourth-order valence-electron chi connectivity index (χ4n) is 9.87. The van der Waals surface area contributed by atoms with E-state index in [0.717, 1.165) is 0 Å². The Labute approximate surface area is 596 Å². The number of aromatic hydroxyl groups is 1. The maximum atomic E-state index is 14.2. The fourth-order valence-corrected chi connectivity index (χ4v) is 9.87. The number of phenolic OH excluding ortho intramolecular Hbond substituents is 1. The number of unbranched alkanes of at least 4 members (excludes halogenated alkanes) is 2. The van der Waals surface area contributed by atoms with E-state index < -0.39 is 163 Å². The third-order valence-corrected chi connectivity index (χ3v) is 15.6. The van der Waals surface area contributed by atoms with E-state index in [9.17, 15) is 72.5 Å². The summed E-state index contributed by atoms with van der Waals surface area (Å²) >= 11 is 0. The summed E-state index contributed by atoms with van der Waals surface area (Å²) in [6.45, 7) is 0.177. The molecular weight excluding hydrogens is 1340 g/mol. The number of aliphatic hydroxyl groups is 1. The highest BCUT2D eigenvalue weighted by molar-refractivity contribution is 5.99. The number of rotatable bonds is 48. The van der Waals surface area contributed by atoms with E-state index in [1.807, 2.05) is 0 Å². The second-order valence-corrected chi connectivity index (χ2v) is 24.1. The number of nitrogens with one attached hydrogen (secondary N) is 12. The van der Waals surface area contributed by atoms with Gasteiger partial charge < -0.3 is 120 Å². The first-order valence-corrected chi connectivity index (χ1v) is 33.6. The number of benzene rings is 3. The zero-order valence-corrected chi connectivity index (χ0v) is 57.9. The number of phenols is 1. The summed E-state index contributed by atoms with van der Waals surface area (Å²) in [5.74, 6) is -11.6. The lowest BCUT2D eigenvalue weighted by Gasteiger charge is -2.26. The minimum Gasteiger partial charge on any atom is -0.508 e. The van der Waals surface area contributed by atoms with Gasteiger partial charge in [-0.15, -0.1) is 0 Å². The molecule has 30 N–H and O–H groups in total. The van der Waals surface area contributed by atoms with Gasteiger partial charge in [-0.05, 0) is 126 Å². The van der Waals surface area contributed by atoms with Gasteiger partial charge in [-0.25, -0.2) is 0 Å².